The zero-order chi connectivity index (χ0) is 29.6. The first-order valence-corrected chi connectivity index (χ1v) is 16.2. The van der Waals surface area contributed by atoms with E-state index in [0.29, 0.717) is 25.3 Å². The van der Waals surface area contributed by atoms with Crippen molar-refractivity contribution in [1.82, 2.24) is 9.80 Å². The van der Waals surface area contributed by atoms with Gasteiger partial charge in [-0.25, -0.2) is 9.59 Å². The zero-order valence-electron chi connectivity index (χ0n) is 24.5. The number of rotatable bonds is 14. The number of carbonyl (C=O) groups excluding carboxylic acids is 2. The predicted octanol–water partition coefficient (Wildman–Crippen LogP) is 5.89. The van der Waals surface area contributed by atoms with Gasteiger partial charge in [0.2, 0.25) is 6.79 Å². The van der Waals surface area contributed by atoms with Gasteiger partial charge in [0.1, 0.15) is 11.9 Å². The van der Waals surface area contributed by atoms with E-state index in [0.717, 1.165) is 30.2 Å². The number of aliphatic imine (C=N–C) groups is 1. The smallest absolute Gasteiger partial charge is 0.442 e. The maximum absolute atomic E-state index is 13.2. The highest BCUT2D eigenvalue weighted by Gasteiger charge is 2.30. The molecule has 2 rings (SSSR count). The molecule has 1 aliphatic rings. The standard InChI is InChI=1S/C27H44N3O8PS/c1-7-35-39(33,36-21-34-26(32)37-22(2)3)20-30-17-15-29(16-18-30)14-13-23(28-25(31)38-27(4,5)6)19-40-24-11-9-8-10-12-24/h8-12,22H,7,13-21H2,1-6H3. The summed E-state index contributed by atoms with van der Waals surface area (Å²) in [4.78, 5) is 33.6. The number of thioether (sulfide) groups is 1. The van der Waals surface area contributed by atoms with Gasteiger partial charge < -0.3 is 23.6 Å². The Kier molecular flexibility index (Phi) is 14.7. The molecule has 0 saturated carbocycles. The Morgan fingerprint density at radius 3 is 2.30 bits per heavy atom. The number of amides is 1. The second-order valence-electron chi connectivity index (χ2n) is 10.4. The van der Waals surface area contributed by atoms with Crippen molar-refractivity contribution >= 4 is 37.3 Å². The van der Waals surface area contributed by atoms with Crippen LogP contribution in [0.3, 0.4) is 0 Å². The van der Waals surface area contributed by atoms with Gasteiger partial charge in [-0.3, -0.25) is 14.0 Å². The minimum Gasteiger partial charge on any atom is -0.442 e. The molecule has 1 saturated heterocycles. The van der Waals surface area contributed by atoms with Crippen molar-refractivity contribution in [2.45, 2.75) is 64.6 Å². The van der Waals surface area contributed by atoms with Crippen LogP contribution in [0.15, 0.2) is 40.2 Å². The van der Waals surface area contributed by atoms with Gasteiger partial charge in [-0.1, -0.05) is 18.2 Å². The summed E-state index contributed by atoms with van der Waals surface area (Å²) in [7, 11) is -3.50. The maximum atomic E-state index is 13.2. The number of carbonyl (C=O) groups is 2. The second-order valence-corrected chi connectivity index (χ2v) is 13.5. The summed E-state index contributed by atoms with van der Waals surface area (Å²) in [6.07, 6.45) is -1.07. The van der Waals surface area contributed by atoms with Crippen molar-refractivity contribution in [2.24, 2.45) is 4.99 Å². The van der Waals surface area contributed by atoms with E-state index in [1.807, 2.05) is 56.0 Å². The van der Waals surface area contributed by atoms with Crippen LogP contribution in [0.25, 0.3) is 0 Å². The lowest BCUT2D eigenvalue weighted by molar-refractivity contribution is -0.0140. The third-order valence-electron chi connectivity index (χ3n) is 5.43. The summed E-state index contributed by atoms with van der Waals surface area (Å²) in [5.41, 5.74) is 0.165. The van der Waals surface area contributed by atoms with Gasteiger partial charge in [0.15, 0.2) is 0 Å². The van der Waals surface area contributed by atoms with Gasteiger partial charge in [0.05, 0.1) is 12.7 Å². The van der Waals surface area contributed by atoms with E-state index in [1.54, 1.807) is 32.5 Å². The molecular weight excluding hydrogens is 557 g/mol. The predicted molar refractivity (Wildman–Crippen MR) is 156 cm³/mol. The van der Waals surface area contributed by atoms with E-state index in [1.165, 1.54) is 0 Å². The fraction of sp³-hybridized carbons (Fsp3) is 0.667. The Morgan fingerprint density at radius 2 is 1.70 bits per heavy atom. The fourth-order valence-electron chi connectivity index (χ4n) is 3.64. The summed E-state index contributed by atoms with van der Waals surface area (Å²) in [6.45, 7) is 13.8. The van der Waals surface area contributed by atoms with Crippen LogP contribution in [-0.4, -0.2) is 97.6 Å². The van der Waals surface area contributed by atoms with Gasteiger partial charge in [0, 0.05) is 49.1 Å². The lowest BCUT2D eigenvalue weighted by Gasteiger charge is -2.35. The highest BCUT2D eigenvalue weighted by molar-refractivity contribution is 8.00. The summed E-state index contributed by atoms with van der Waals surface area (Å²) in [6, 6.07) is 9.99. The molecule has 0 bridgehead atoms. The molecule has 1 unspecified atom stereocenters. The third kappa shape index (κ3) is 14.6. The lowest BCUT2D eigenvalue weighted by Crippen LogP contribution is -2.47. The molecule has 1 aromatic carbocycles. The molecule has 1 aliphatic heterocycles. The number of benzene rings is 1. The van der Waals surface area contributed by atoms with E-state index >= 15 is 0 Å². The van der Waals surface area contributed by atoms with Crippen molar-refractivity contribution in [3.05, 3.63) is 30.3 Å². The molecule has 1 amide bonds. The van der Waals surface area contributed by atoms with E-state index < -0.39 is 32.2 Å². The molecule has 40 heavy (non-hydrogen) atoms. The SMILES string of the molecule is CCOP(=O)(CN1CCN(CCC(CSc2ccccc2)=NC(=O)OC(C)(C)C)CC1)OCOC(=O)OC(C)C. The summed E-state index contributed by atoms with van der Waals surface area (Å²) in [5.74, 6) is 0.588. The Hall–Kier alpha value is -1.95. The van der Waals surface area contributed by atoms with Crippen molar-refractivity contribution in [3.8, 4) is 0 Å². The van der Waals surface area contributed by atoms with Crippen LogP contribution in [0.5, 0.6) is 0 Å². The fourth-order valence-corrected chi connectivity index (χ4v) is 6.15. The molecule has 1 fully saturated rings. The molecule has 11 nitrogen and oxygen atoms in total. The minimum absolute atomic E-state index is 0.0936. The summed E-state index contributed by atoms with van der Waals surface area (Å²) >= 11 is 1.63. The average Bonchev–Trinajstić information content (AvgIpc) is 2.85. The Morgan fingerprint density at radius 1 is 1.05 bits per heavy atom. The van der Waals surface area contributed by atoms with Gasteiger partial charge in [-0.05, 0) is 60.1 Å². The first kappa shape index (κ1) is 34.3. The molecular formula is C27H44N3O8PS. The normalized spacial score (nSPS) is 16.9. The molecule has 0 aliphatic carbocycles. The van der Waals surface area contributed by atoms with Gasteiger partial charge >= 0.3 is 19.8 Å². The van der Waals surface area contributed by atoms with E-state index in [2.05, 4.69) is 9.89 Å². The van der Waals surface area contributed by atoms with Crippen LogP contribution in [0.1, 0.15) is 48.0 Å². The average molecular weight is 602 g/mol. The van der Waals surface area contributed by atoms with Crippen LogP contribution in [0.4, 0.5) is 9.59 Å². The molecule has 1 atom stereocenters. The molecule has 0 spiro atoms. The van der Waals surface area contributed by atoms with Crippen molar-refractivity contribution < 1.29 is 37.4 Å². The lowest BCUT2D eigenvalue weighted by atomic mass is 10.2. The Bertz CT molecular complexity index is 995. The zero-order valence-corrected chi connectivity index (χ0v) is 26.2. The quantitative estimate of drug-likeness (QED) is 0.0836. The summed E-state index contributed by atoms with van der Waals surface area (Å²) < 4.78 is 39.1. The Balaban J connectivity index is 1.87. The molecule has 0 radical (unpaired) electrons. The number of ether oxygens (including phenoxy) is 3. The largest absolute Gasteiger partial charge is 0.510 e. The third-order valence-corrected chi connectivity index (χ3v) is 8.41. The van der Waals surface area contributed by atoms with Gasteiger partial charge in [-0.15, -0.1) is 11.8 Å². The van der Waals surface area contributed by atoms with Gasteiger partial charge in [-0.2, -0.15) is 4.99 Å². The number of hydrogen-bond acceptors (Lipinski definition) is 11. The minimum atomic E-state index is -3.50. The first-order chi connectivity index (χ1) is 18.9. The van der Waals surface area contributed by atoms with E-state index in [4.69, 9.17) is 23.3 Å². The molecule has 0 aromatic heterocycles. The molecule has 1 heterocycles. The van der Waals surface area contributed by atoms with E-state index in [-0.39, 0.29) is 19.0 Å². The summed E-state index contributed by atoms with van der Waals surface area (Å²) in [5, 5.41) is 0. The number of nitrogens with zero attached hydrogens (tertiary/aromatic N) is 3. The highest BCUT2D eigenvalue weighted by atomic mass is 32.2. The topological polar surface area (TPSA) is 116 Å². The molecule has 0 N–H and O–H groups in total. The van der Waals surface area contributed by atoms with Crippen LogP contribution in [-0.2, 0) is 27.8 Å². The second kappa shape index (κ2) is 17.1. The monoisotopic (exact) mass is 601 g/mol. The number of piperazine rings is 1. The van der Waals surface area contributed by atoms with Crippen LogP contribution in [0, 0.1) is 0 Å². The van der Waals surface area contributed by atoms with Gasteiger partial charge in [0.25, 0.3) is 0 Å². The van der Waals surface area contributed by atoms with Crippen LogP contribution >= 0.6 is 19.4 Å². The maximum Gasteiger partial charge on any atom is 0.510 e. The van der Waals surface area contributed by atoms with Crippen molar-refractivity contribution in [1.29, 1.82) is 0 Å². The number of hydrogen-bond donors (Lipinski definition) is 0. The Labute approximate surface area is 242 Å². The van der Waals surface area contributed by atoms with E-state index in [9.17, 15) is 14.2 Å². The molecule has 226 valence electrons. The van der Waals surface area contributed by atoms with Crippen molar-refractivity contribution in [3.63, 3.8) is 0 Å². The first-order valence-electron chi connectivity index (χ1n) is 13.5. The van der Waals surface area contributed by atoms with Crippen molar-refractivity contribution in [2.75, 3.05) is 58.2 Å². The molecule has 1 aromatic rings. The van der Waals surface area contributed by atoms with Crippen LogP contribution < -0.4 is 0 Å². The van der Waals surface area contributed by atoms with Crippen LogP contribution in [0.2, 0.25) is 0 Å². The molecule has 13 heteroatoms. The highest BCUT2D eigenvalue weighted by Crippen LogP contribution is 2.48.